The number of aromatic nitrogens is 3. The van der Waals surface area contributed by atoms with Gasteiger partial charge in [0.1, 0.15) is 11.5 Å². The summed E-state index contributed by atoms with van der Waals surface area (Å²) in [5.41, 5.74) is 6.28. The van der Waals surface area contributed by atoms with E-state index in [0.717, 1.165) is 33.9 Å². The minimum absolute atomic E-state index is 0.121. The molecular formula is C28H27N5O3S. The van der Waals surface area contributed by atoms with Crippen molar-refractivity contribution in [3.8, 4) is 28.6 Å². The molecule has 1 aromatic heterocycles. The highest BCUT2D eigenvalue weighted by atomic mass is 32.2. The lowest BCUT2D eigenvalue weighted by Crippen LogP contribution is -2.20. The van der Waals surface area contributed by atoms with E-state index in [4.69, 9.17) is 9.47 Å². The average Bonchev–Trinajstić information content (AvgIpc) is 3.36. The van der Waals surface area contributed by atoms with Crippen molar-refractivity contribution in [1.29, 1.82) is 0 Å². The third kappa shape index (κ3) is 6.86. The molecule has 0 bridgehead atoms. The summed E-state index contributed by atoms with van der Waals surface area (Å²) in [4.78, 5) is 12.5. The largest absolute Gasteiger partial charge is 0.497 e. The molecule has 0 aliphatic rings. The van der Waals surface area contributed by atoms with Crippen LogP contribution in [-0.4, -0.2) is 46.9 Å². The monoisotopic (exact) mass is 513 g/mol. The van der Waals surface area contributed by atoms with Gasteiger partial charge < -0.3 is 9.47 Å². The Morgan fingerprint density at radius 1 is 0.946 bits per heavy atom. The van der Waals surface area contributed by atoms with Crippen molar-refractivity contribution in [2.75, 3.05) is 20.0 Å². The number of benzene rings is 3. The smallest absolute Gasteiger partial charge is 0.250 e. The molecule has 1 amide bonds. The quantitative estimate of drug-likeness (QED) is 0.177. The fourth-order valence-corrected chi connectivity index (χ4v) is 4.22. The van der Waals surface area contributed by atoms with Crippen LogP contribution < -0.4 is 14.9 Å². The number of thioether (sulfide) groups is 1. The van der Waals surface area contributed by atoms with Gasteiger partial charge in [0.05, 0.1) is 26.2 Å². The van der Waals surface area contributed by atoms with Gasteiger partial charge in [0.25, 0.3) is 5.91 Å². The predicted molar refractivity (Wildman–Crippen MR) is 147 cm³/mol. The van der Waals surface area contributed by atoms with Crippen molar-refractivity contribution >= 4 is 30.0 Å². The van der Waals surface area contributed by atoms with Gasteiger partial charge in [-0.25, -0.2) is 5.43 Å². The number of ether oxygens (including phenoxy) is 2. The summed E-state index contributed by atoms with van der Waals surface area (Å²) in [5, 5.41) is 13.4. The van der Waals surface area contributed by atoms with E-state index in [1.165, 1.54) is 11.8 Å². The van der Waals surface area contributed by atoms with Crippen molar-refractivity contribution < 1.29 is 14.3 Å². The Hall–Kier alpha value is -4.37. The number of nitrogens with zero attached hydrogens (tertiary/aromatic N) is 4. The third-order valence-electron chi connectivity index (χ3n) is 5.30. The van der Waals surface area contributed by atoms with Gasteiger partial charge in [-0.3, -0.25) is 9.36 Å². The number of rotatable bonds is 10. The minimum atomic E-state index is -0.246. The van der Waals surface area contributed by atoms with Crippen LogP contribution in [0.5, 0.6) is 11.5 Å². The summed E-state index contributed by atoms with van der Waals surface area (Å²) >= 11 is 1.28. The van der Waals surface area contributed by atoms with Gasteiger partial charge in [0.15, 0.2) is 11.0 Å². The molecule has 9 heteroatoms. The molecule has 8 nitrogen and oxygen atoms in total. The molecule has 0 aliphatic carbocycles. The number of carbonyl (C=O) groups is 1. The summed E-state index contributed by atoms with van der Waals surface area (Å²) in [6.45, 7) is 1.93. The Labute approximate surface area is 220 Å². The molecule has 188 valence electrons. The van der Waals surface area contributed by atoms with E-state index >= 15 is 0 Å². The molecule has 0 atom stereocenters. The molecule has 0 saturated carbocycles. The number of nitrogens with one attached hydrogen (secondary N) is 1. The molecule has 0 aliphatic heterocycles. The lowest BCUT2D eigenvalue weighted by molar-refractivity contribution is -0.118. The predicted octanol–water partition coefficient (Wildman–Crippen LogP) is 5.25. The minimum Gasteiger partial charge on any atom is -0.497 e. The fraction of sp³-hybridized carbons (Fsp3) is 0.143. The maximum atomic E-state index is 12.5. The SMILES string of the molecule is COc1ccc(-c2nnc(SCC(=O)N/N=C\C(C)=Cc3ccccc3)n2-c2ccc(OC)cc2)cc1. The zero-order valence-corrected chi connectivity index (χ0v) is 21.6. The third-order valence-corrected chi connectivity index (χ3v) is 6.22. The van der Waals surface area contributed by atoms with Crippen LogP contribution in [0, 0.1) is 0 Å². The van der Waals surface area contributed by atoms with Crippen LogP contribution in [0.1, 0.15) is 12.5 Å². The Bertz CT molecular complexity index is 1380. The number of carbonyl (C=O) groups excluding carboxylic acids is 1. The van der Waals surface area contributed by atoms with Crippen molar-refractivity contribution in [1.82, 2.24) is 20.2 Å². The molecule has 0 saturated heterocycles. The molecular weight excluding hydrogens is 486 g/mol. The van der Waals surface area contributed by atoms with E-state index in [-0.39, 0.29) is 11.7 Å². The molecule has 0 unspecified atom stereocenters. The highest BCUT2D eigenvalue weighted by Gasteiger charge is 2.17. The maximum Gasteiger partial charge on any atom is 0.250 e. The van der Waals surface area contributed by atoms with E-state index in [9.17, 15) is 4.79 Å². The number of amides is 1. The zero-order valence-electron chi connectivity index (χ0n) is 20.8. The fourth-order valence-electron chi connectivity index (χ4n) is 3.47. The highest BCUT2D eigenvalue weighted by Crippen LogP contribution is 2.29. The Balaban J connectivity index is 1.48. The van der Waals surface area contributed by atoms with E-state index in [1.807, 2.05) is 96.4 Å². The molecule has 37 heavy (non-hydrogen) atoms. The van der Waals surface area contributed by atoms with Crippen molar-refractivity contribution in [2.24, 2.45) is 5.10 Å². The van der Waals surface area contributed by atoms with Crippen LogP contribution >= 0.6 is 11.8 Å². The second-order valence-electron chi connectivity index (χ2n) is 7.95. The number of hydrogen-bond donors (Lipinski definition) is 1. The summed E-state index contributed by atoms with van der Waals surface area (Å²) in [5.74, 6) is 2.01. The molecule has 1 N–H and O–H groups in total. The van der Waals surface area contributed by atoms with E-state index in [2.05, 4.69) is 20.7 Å². The van der Waals surface area contributed by atoms with Crippen molar-refractivity contribution in [3.63, 3.8) is 0 Å². The molecule has 1 heterocycles. The standard InChI is InChI=1S/C28H27N5O3S/c1-20(17-21-7-5-4-6-8-21)18-29-30-26(34)19-37-28-32-31-27(22-9-13-24(35-2)14-10-22)33(28)23-11-15-25(36-3)16-12-23/h4-18H,19H2,1-3H3,(H,30,34)/b20-17?,29-18-. The molecule has 0 fully saturated rings. The number of allylic oxidation sites excluding steroid dienone is 1. The van der Waals surface area contributed by atoms with E-state index in [0.29, 0.717) is 11.0 Å². The molecule has 0 spiro atoms. The van der Waals surface area contributed by atoms with Gasteiger partial charge in [0.2, 0.25) is 0 Å². The number of hydrogen-bond acceptors (Lipinski definition) is 7. The normalized spacial score (nSPS) is 11.5. The maximum absolute atomic E-state index is 12.5. The number of methoxy groups -OCH3 is 2. The molecule has 3 aromatic carbocycles. The van der Waals surface area contributed by atoms with Gasteiger partial charge in [-0.2, -0.15) is 5.10 Å². The first-order valence-corrected chi connectivity index (χ1v) is 12.5. The van der Waals surface area contributed by atoms with Gasteiger partial charge >= 0.3 is 0 Å². The van der Waals surface area contributed by atoms with Crippen LogP contribution in [0.2, 0.25) is 0 Å². The zero-order chi connectivity index (χ0) is 26.0. The lowest BCUT2D eigenvalue weighted by Gasteiger charge is -2.11. The van der Waals surface area contributed by atoms with Gasteiger partial charge in [-0.1, -0.05) is 48.2 Å². The van der Waals surface area contributed by atoms with Crippen LogP contribution in [0.15, 0.2) is 94.7 Å². The molecule has 4 aromatic rings. The second kappa shape index (κ2) is 12.5. The van der Waals surface area contributed by atoms with Crippen LogP contribution in [0.3, 0.4) is 0 Å². The van der Waals surface area contributed by atoms with Crippen LogP contribution in [0.25, 0.3) is 23.2 Å². The highest BCUT2D eigenvalue weighted by molar-refractivity contribution is 7.99. The summed E-state index contributed by atoms with van der Waals surface area (Å²) in [6.07, 6.45) is 3.61. The summed E-state index contributed by atoms with van der Waals surface area (Å²) in [7, 11) is 3.25. The molecule has 0 radical (unpaired) electrons. The van der Waals surface area contributed by atoms with Gasteiger partial charge in [0, 0.05) is 11.3 Å². The topological polar surface area (TPSA) is 90.6 Å². The van der Waals surface area contributed by atoms with Crippen LogP contribution in [0.4, 0.5) is 0 Å². The Morgan fingerprint density at radius 3 is 2.24 bits per heavy atom. The first-order valence-electron chi connectivity index (χ1n) is 11.5. The van der Waals surface area contributed by atoms with E-state index < -0.39 is 0 Å². The summed E-state index contributed by atoms with van der Waals surface area (Å²) < 4.78 is 12.5. The lowest BCUT2D eigenvalue weighted by atomic mass is 10.1. The first-order chi connectivity index (χ1) is 18.1. The first kappa shape index (κ1) is 25.7. The van der Waals surface area contributed by atoms with Crippen molar-refractivity contribution in [2.45, 2.75) is 12.1 Å². The van der Waals surface area contributed by atoms with Gasteiger partial charge in [-0.15, -0.1) is 10.2 Å². The Morgan fingerprint density at radius 2 is 1.59 bits per heavy atom. The van der Waals surface area contributed by atoms with Gasteiger partial charge in [-0.05, 0) is 66.6 Å². The summed E-state index contributed by atoms with van der Waals surface area (Å²) in [6, 6.07) is 25.1. The van der Waals surface area contributed by atoms with Crippen molar-refractivity contribution in [3.05, 3.63) is 90.0 Å². The Kier molecular flexibility index (Phi) is 8.72. The molecule has 4 rings (SSSR count). The number of hydrazone groups is 1. The average molecular weight is 514 g/mol. The second-order valence-corrected chi connectivity index (χ2v) is 8.89. The van der Waals surface area contributed by atoms with Crippen LogP contribution in [-0.2, 0) is 4.79 Å². The van der Waals surface area contributed by atoms with E-state index in [1.54, 1.807) is 20.4 Å².